The van der Waals surface area contributed by atoms with Crippen molar-refractivity contribution in [3.05, 3.63) is 23.9 Å². The predicted molar refractivity (Wildman–Crippen MR) is 65.3 cm³/mol. The fraction of sp³-hybridized carbons (Fsp3) is 0.583. The summed E-state index contributed by atoms with van der Waals surface area (Å²) in [6.45, 7) is 5.07. The molecule has 3 nitrogen and oxygen atoms in total. The van der Waals surface area contributed by atoms with Gasteiger partial charge in [0.1, 0.15) is 5.82 Å². The molecule has 102 valence electrons. The molecule has 1 aromatic rings. The second kappa shape index (κ2) is 6.04. The van der Waals surface area contributed by atoms with Crippen molar-refractivity contribution in [1.82, 2.24) is 4.98 Å². The van der Waals surface area contributed by atoms with Gasteiger partial charge in [0.05, 0.1) is 5.56 Å². The van der Waals surface area contributed by atoms with Crippen LogP contribution in [0.2, 0.25) is 0 Å². The van der Waals surface area contributed by atoms with Crippen LogP contribution < -0.4 is 10.6 Å². The summed E-state index contributed by atoms with van der Waals surface area (Å²) in [5.41, 5.74) is 4.81. The van der Waals surface area contributed by atoms with Crippen molar-refractivity contribution in [2.24, 2.45) is 11.7 Å². The van der Waals surface area contributed by atoms with Gasteiger partial charge in [-0.2, -0.15) is 13.2 Å². The molecule has 0 amide bonds. The van der Waals surface area contributed by atoms with E-state index in [2.05, 4.69) is 4.98 Å². The minimum absolute atomic E-state index is 0.0206. The van der Waals surface area contributed by atoms with E-state index in [1.165, 1.54) is 12.3 Å². The molecule has 1 atom stereocenters. The molecule has 0 fully saturated rings. The fourth-order valence-corrected chi connectivity index (χ4v) is 1.69. The summed E-state index contributed by atoms with van der Waals surface area (Å²) in [5, 5.41) is 0. The average Bonchev–Trinajstić information content (AvgIpc) is 2.34. The molecule has 0 aliphatic heterocycles. The number of pyridine rings is 1. The highest BCUT2D eigenvalue weighted by Gasteiger charge is 2.35. The largest absolute Gasteiger partial charge is 0.419 e. The van der Waals surface area contributed by atoms with E-state index in [0.717, 1.165) is 6.07 Å². The van der Waals surface area contributed by atoms with Gasteiger partial charge in [0.25, 0.3) is 0 Å². The Labute approximate surface area is 105 Å². The predicted octanol–water partition coefficient (Wildman–Crippen LogP) is 2.52. The monoisotopic (exact) mass is 261 g/mol. The van der Waals surface area contributed by atoms with Crippen LogP contribution in [0.15, 0.2) is 18.3 Å². The number of nitrogens with zero attached hydrogens (tertiary/aromatic N) is 2. The minimum atomic E-state index is -4.39. The molecule has 1 unspecified atom stereocenters. The molecule has 0 spiro atoms. The number of anilines is 1. The summed E-state index contributed by atoms with van der Waals surface area (Å²) in [6.07, 6.45) is -3.01. The second-order valence-electron chi connectivity index (χ2n) is 4.25. The molecule has 1 rings (SSSR count). The van der Waals surface area contributed by atoms with Crippen LogP contribution in [0, 0.1) is 5.92 Å². The van der Waals surface area contributed by atoms with Crippen molar-refractivity contribution in [2.45, 2.75) is 20.0 Å². The molecule has 2 N–H and O–H groups in total. The van der Waals surface area contributed by atoms with Gasteiger partial charge in [-0.05, 0) is 31.5 Å². The average molecular weight is 261 g/mol. The van der Waals surface area contributed by atoms with Crippen LogP contribution in [0.5, 0.6) is 0 Å². The number of hydrogen-bond donors (Lipinski definition) is 1. The first-order valence-corrected chi connectivity index (χ1v) is 5.87. The molecule has 0 aromatic carbocycles. The molecule has 18 heavy (non-hydrogen) atoms. The van der Waals surface area contributed by atoms with Gasteiger partial charge in [0, 0.05) is 19.3 Å². The molecule has 1 heterocycles. The Hall–Kier alpha value is -1.30. The molecule has 0 saturated carbocycles. The van der Waals surface area contributed by atoms with E-state index < -0.39 is 11.7 Å². The Morgan fingerprint density at radius 1 is 1.44 bits per heavy atom. The molecular weight excluding hydrogens is 243 g/mol. The lowest BCUT2D eigenvalue weighted by Gasteiger charge is -2.27. The number of aromatic nitrogens is 1. The van der Waals surface area contributed by atoms with Crippen molar-refractivity contribution >= 4 is 5.82 Å². The quantitative estimate of drug-likeness (QED) is 0.885. The van der Waals surface area contributed by atoms with E-state index >= 15 is 0 Å². The first-order valence-electron chi connectivity index (χ1n) is 5.87. The van der Waals surface area contributed by atoms with Crippen LogP contribution in [0.1, 0.15) is 19.4 Å². The summed E-state index contributed by atoms with van der Waals surface area (Å²) in [4.78, 5) is 5.48. The van der Waals surface area contributed by atoms with Crippen molar-refractivity contribution in [3.8, 4) is 0 Å². The Balaban J connectivity index is 3.06. The number of nitrogens with two attached hydrogens (primary N) is 1. The van der Waals surface area contributed by atoms with Crippen LogP contribution in [-0.2, 0) is 6.18 Å². The Morgan fingerprint density at radius 3 is 2.61 bits per heavy atom. The van der Waals surface area contributed by atoms with Gasteiger partial charge >= 0.3 is 6.18 Å². The van der Waals surface area contributed by atoms with Crippen LogP contribution in [0.25, 0.3) is 0 Å². The highest BCUT2D eigenvalue weighted by Crippen LogP contribution is 2.35. The summed E-state index contributed by atoms with van der Waals surface area (Å²) in [7, 11) is 0. The van der Waals surface area contributed by atoms with E-state index in [-0.39, 0.29) is 11.7 Å². The van der Waals surface area contributed by atoms with Crippen LogP contribution in [0.3, 0.4) is 0 Å². The van der Waals surface area contributed by atoms with Gasteiger partial charge < -0.3 is 10.6 Å². The standard InChI is InChI=1S/C12H18F3N3/c1-3-18(8-9(2)7-16)11-10(12(13,14)15)5-4-6-17-11/h4-6,9H,3,7-8,16H2,1-2H3. The van der Waals surface area contributed by atoms with Crippen molar-refractivity contribution in [2.75, 3.05) is 24.5 Å². The zero-order valence-electron chi connectivity index (χ0n) is 10.5. The van der Waals surface area contributed by atoms with E-state index in [1.807, 2.05) is 6.92 Å². The van der Waals surface area contributed by atoms with Crippen LogP contribution in [-0.4, -0.2) is 24.6 Å². The molecule has 0 saturated heterocycles. The maximum Gasteiger partial charge on any atom is 0.419 e. The summed E-state index contributed by atoms with van der Waals surface area (Å²) in [5.74, 6) is 0.0980. The molecule has 0 radical (unpaired) electrons. The summed E-state index contributed by atoms with van der Waals surface area (Å²) >= 11 is 0. The van der Waals surface area contributed by atoms with Gasteiger partial charge in [-0.3, -0.25) is 0 Å². The number of alkyl halides is 3. The maximum atomic E-state index is 12.9. The van der Waals surface area contributed by atoms with Crippen LogP contribution >= 0.6 is 0 Å². The zero-order valence-corrected chi connectivity index (χ0v) is 10.5. The third kappa shape index (κ3) is 3.60. The fourth-order valence-electron chi connectivity index (χ4n) is 1.69. The zero-order chi connectivity index (χ0) is 13.8. The highest BCUT2D eigenvalue weighted by molar-refractivity contribution is 5.48. The first kappa shape index (κ1) is 14.8. The van der Waals surface area contributed by atoms with E-state index in [0.29, 0.717) is 19.6 Å². The maximum absolute atomic E-state index is 12.9. The van der Waals surface area contributed by atoms with Crippen LogP contribution in [0.4, 0.5) is 19.0 Å². The van der Waals surface area contributed by atoms with E-state index in [1.54, 1.807) is 11.8 Å². The SMILES string of the molecule is CCN(CC(C)CN)c1ncccc1C(F)(F)F. The molecular formula is C12H18F3N3. The van der Waals surface area contributed by atoms with Gasteiger partial charge in [-0.1, -0.05) is 6.92 Å². The van der Waals surface area contributed by atoms with Gasteiger partial charge in [0.15, 0.2) is 0 Å². The summed E-state index contributed by atoms with van der Waals surface area (Å²) < 4.78 is 38.6. The number of halogens is 3. The third-order valence-electron chi connectivity index (χ3n) is 2.71. The second-order valence-corrected chi connectivity index (χ2v) is 4.25. The van der Waals surface area contributed by atoms with Crippen molar-refractivity contribution in [1.29, 1.82) is 0 Å². The summed E-state index contributed by atoms with van der Waals surface area (Å²) in [6, 6.07) is 2.35. The number of rotatable bonds is 5. The lowest BCUT2D eigenvalue weighted by Crippen LogP contribution is -2.33. The lowest BCUT2D eigenvalue weighted by atomic mass is 10.1. The number of hydrogen-bond acceptors (Lipinski definition) is 3. The minimum Gasteiger partial charge on any atom is -0.356 e. The molecule has 6 heteroatoms. The first-order chi connectivity index (χ1) is 8.40. The molecule has 0 aliphatic carbocycles. The Morgan fingerprint density at radius 2 is 2.11 bits per heavy atom. The van der Waals surface area contributed by atoms with Crippen molar-refractivity contribution in [3.63, 3.8) is 0 Å². The van der Waals surface area contributed by atoms with Gasteiger partial charge in [-0.15, -0.1) is 0 Å². The van der Waals surface area contributed by atoms with Gasteiger partial charge in [0.2, 0.25) is 0 Å². The topological polar surface area (TPSA) is 42.1 Å². The lowest BCUT2D eigenvalue weighted by molar-refractivity contribution is -0.137. The molecule has 0 aliphatic rings. The van der Waals surface area contributed by atoms with Gasteiger partial charge in [-0.25, -0.2) is 4.98 Å². The van der Waals surface area contributed by atoms with E-state index in [9.17, 15) is 13.2 Å². The highest BCUT2D eigenvalue weighted by atomic mass is 19.4. The van der Waals surface area contributed by atoms with Crippen molar-refractivity contribution < 1.29 is 13.2 Å². The molecule has 0 bridgehead atoms. The third-order valence-corrected chi connectivity index (χ3v) is 2.71. The van der Waals surface area contributed by atoms with E-state index in [4.69, 9.17) is 5.73 Å². The Kier molecular flexibility index (Phi) is 4.95. The molecule has 1 aromatic heterocycles. The smallest absolute Gasteiger partial charge is 0.356 e. The Bertz CT molecular complexity index is 379. The normalized spacial score (nSPS) is 13.4.